The predicted octanol–water partition coefficient (Wildman–Crippen LogP) is 1.32. The molecule has 5 heteroatoms. The van der Waals surface area contributed by atoms with Gasteiger partial charge in [0.25, 0.3) is 6.47 Å². The minimum Gasteiger partial charge on any atom is -0.483 e. The van der Waals surface area contributed by atoms with Gasteiger partial charge in [0, 0.05) is 6.54 Å². The van der Waals surface area contributed by atoms with E-state index in [1.54, 1.807) is 0 Å². The van der Waals surface area contributed by atoms with E-state index >= 15 is 0 Å². The number of carbonyl (C=O) groups is 1. The Morgan fingerprint density at radius 2 is 1.67 bits per heavy atom. The summed E-state index contributed by atoms with van der Waals surface area (Å²) in [6, 6.07) is 0. The van der Waals surface area contributed by atoms with Crippen molar-refractivity contribution in [3.05, 3.63) is 0 Å². The third-order valence-electron chi connectivity index (χ3n) is 1.81. The summed E-state index contributed by atoms with van der Waals surface area (Å²) in [6.07, 6.45) is 7.67. The maximum absolute atomic E-state index is 8.36. The largest absolute Gasteiger partial charge is 0.483 e. The first kappa shape index (κ1) is 16.2. The molecule has 0 saturated carbocycles. The zero-order valence-corrected chi connectivity index (χ0v) is 9.48. The van der Waals surface area contributed by atoms with Gasteiger partial charge in [-0.25, -0.2) is 0 Å². The molecular formula is C10H23N3O2. The third-order valence-corrected chi connectivity index (χ3v) is 1.81. The molecule has 15 heavy (non-hydrogen) atoms. The van der Waals surface area contributed by atoms with Crippen molar-refractivity contribution in [2.24, 2.45) is 16.5 Å². The SMILES string of the molecule is CCCCCCCCN=C(N)N.O=CO. The van der Waals surface area contributed by atoms with E-state index in [1.807, 2.05) is 0 Å². The normalized spacial score (nSPS) is 8.60. The van der Waals surface area contributed by atoms with Gasteiger partial charge in [0.1, 0.15) is 0 Å². The summed E-state index contributed by atoms with van der Waals surface area (Å²) in [7, 11) is 0. The zero-order valence-electron chi connectivity index (χ0n) is 9.48. The Morgan fingerprint density at radius 1 is 1.20 bits per heavy atom. The van der Waals surface area contributed by atoms with Crippen molar-refractivity contribution in [1.82, 2.24) is 0 Å². The molecule has 0 fully saturated rings. The second kappa shape index (κ2) is 15.2. The fourth-order valence-corrected chi connectivity index (χ4v) is 1.10. The van der Waals surface area contributed by atoms with Crippen molar-refractivity contribution in [1.29, 1.82) is 0 Å². The van der Waals surface area contributed by atoms with E-state index in [0.29, 0.717) is 0 Å². The van der Waals surface area contributed by atoms with Crippen LogP contribution in [0.1, 0.15) is 45.4 Å². The summed E-state index contributed by atoms with van der Waals surface area (Å²) in [5.74, 6) is 0.212. The van der Waals surface area contributed by atoms with E-state index in [1.165, 1.54) is 32.1 Å². The van der Waals surface area contributed by atoms with Crippen molar-refractivity contribution in [2.45, 2.75) is 45.4 Å². The summed E-state index contributed by atoms with van der Waals surface area (Å²) >= 11 is 0. The van der Waals surface area contributed by atoms with Crippen LogP contribution in [0.2, 0.25) is 0 Å². The summed E-state index contributed by atoms with van der Waals surface area (Å²) in [5, 5.41) is 6.89. The highest BCUT2D eigenvalue weighted by Crippen LogP contribution is 2.04. The van der Waals surface area contributed by atoms with Crippen LogP contribution in [0.25, 0.3) is 0 Å². The first-order valence-electron chi connectivity index (χ1n) is 5.32. The van der Waals surface area contributed by atoms with Crippen LogP contribution in [0.5, 0.6) is 0 Å². The molecule has 0 bridgehead atoms. The third kappa shape index (κ3) is 24.5. The van der Waals surface area contributed by atoms with Gasteiger partial charge in [-0.3, -0.25) is 9.79 Å². The average Bonchev–Trinajstić information content (AvgIpc) is 2.17. The average molecular weight is 217 g/mol. The van der Waals surface area contributed by atoms with Crippen LogP contribution in [-0.2, 0) is 4.79 Å². The minimum absolute atomic E-state index is 0.212. The molecule has 5 N–H and O–H groups in total. The van der Waals surface area contributed by atoms with Crippen molar-refractivity contribution < 1.29 is 9.90 Å². The second-order valence-electron chi connectivity index (χ2n) is 3.18. The molecule has 0 aliphatic heterocycles. The van der Waals surface area contributed by atoms with E-state index in [2.05, 4.69) is 11.9 Å². The Hall–Kier alpha value is -1.26. The van der Waals surface area contributed by atoms with Gasteiger partial charge < -0.3 is 16.6 Å². The van der Waals surface area contributed by atoms with Gasteiger partial charge in [0.05, 0.1) is 0 Å². The molecule has 0 radical (unpaired) electrons. The number of hydrogen-bond donors (Lipinski definition) is 3. The topological polar surface area (TPSA) is 102 Å². The number of unbranched alkanes of at least 4 members (excludes halogenated alkanes) is 5. The van der Waals surface area contributed by atoms with Crippen LogP contribution in [0, 0.1) is 0 Å². The highest BCUT2D eigenvalue weighted by atomic mass is 16.3. The van der Waals surface area contributed by atoms with Crippen LogP contribution in [-0.4, -0.2) is 24.1 Å². The van der Waals surface area contributed by atoms with Gasteiger partial charge in [-0.1, -0.05) is 39.0 Å². The van der Waals surface area contributed by atoms with Gasteiger partial charge >= 0.3 is 0 Å². The number of carboxylic acid groups (broad SMARTS) is 1. The predicted molar refractivity (Wildman–Crippen MR) is 62.7 cm³/mol. The fraction of sp³-hybridized carbons (Fsp3) is 0.800. The summed E-state index contributed by atoms with van der Waals surface area (Å²) in [6.45, 7) is 2.76. The van der Waals surface area contributed by atoms with Crippen LogP contribution in [0.3, 0.4) is 0 Å². The van der Waals surface area contributed by atoms with Gasteiger partial charge in [0.2, 0.25) is 0 Å². The Bertz CT molecular complexity index is 157. The minimum atomic E-state index is -0.250. The first-order valence-corrected chi connectivity index (χ1v) is 5.32. The smallest absolute Gasteiger partial charge is 0.290 e. The lowest BCUT2D eigenvalue weighted by atomic mass is 10.1. The Morgan fingerprint density at radius 3 is 2.13 bits per heavy atom. The molecule has 0 aliphatic rings. The molecule has 0 aromatic heterocycles. The van der Waals surface area contributed by atoms with Crippen LogP contribution in [0.4, 0.5) is 0 Å². The van der Waals surface area contributed by atoms with Gasteiger partial charge in [-0.2, -0.15) is 0 Å². The number of guanidine groups is 1. The van der Waals surface area contributed by atoms with Crippen molar-refractivity contribution >= 4 is 12.4 Å². The number of rotatable bonds is 7. The van der Waals surface area contributed by atoms with E-state index in [-0.39, 0.29) is 12.4 Å². The molecule has 0 rings (SSSR count). The molecule has 0 amide bonds. The number of nitrogens with two attached hydrogens (primary N) is 2. The number of nitrogens with zero attached hydrogens (tertiary/aromatic N) is 1. The quantitative estimate of drug-likeness (QED) is 0.259. The maximum Gasteiger partial charge on any atom is 0.290 e. The fourth-order valence-electron chi connectivity index (χ4n) is 1.10. The van der Waals surface area contributed by atoms with Crippen molar-refractivity contribution in [3.8, 4) is 0 Å². The summed E-state index contributed by atoms with van der Waals surface area (Å²) in [5.41, 5.74) is 10.4. The molecule has 0 aromatic rings. The molecule has 0 unspecified atom stereocenters. The molecule has 0 saturated heterocycles. The molecule has 0 aromatic carbocycles. The molecule has 0 atom stereocenters. The number of aliphatic imine (C=N–C) groups is 1. The molecule has 0 spiro atoms. The van der Waals surface area contributed by atoms with Gasteiger partial charge in [0.15, 0.2) is 5.96 Å². The highest BCUT2D eigenvalue weighted by Gasteiger charge is 1.88. The van der Waals surface area contributed by atoms with E-state index in [0.717, 1.165) is 13.0 Å². The molecule has 0 aliphatic carbocycles. The van der Waals surface area contributed by atoms with E-state index in [4.69, 9.17) is 21.4 Å². The Balaban J connectivity index is 0. The second-order valence-corrected chi connectivity index (χ2v) is 3.18. The van der Waals surface area contributed by atoms with Gasteiger partial charge in [-0.05, 0) is 6.42 Å². The summed E-state index contributed by atoms with van der Waals surface area (Å²) in [4.78, 5) is 12.3. The monoisotopic (exact) mass is 217 g/mol. The van der Waals surface area contributed by atoms with E-state index in [9.17, 15) is 0 Å². The maximum atomic E-state index is 8.36. The van der Waals surface area contributed by atoms with Gasteiger partial charge in [-0.15, -0.1) is 0 Å². The Kier molecular flexibility index (Phi) is 16.4. The molecule has 90 valence electrons. The zero-order chi connectivity index (χ0) is 11.9. The Labute approximate surface area is 91.6 Å². The summed E-state index contributed by atoms with van der Waals surface area (Å²) < 4.78 is 0. The standard InChI is InChI=1S/C9H21N3.CH2O2/c1-2-3-4-5-6-7-8-12-9(10)11;2-1-3/h2-8H2,1H3,(H4,10,11,12);1H,(H,2,3). The van der Waals surface area contributed by atoms with Crippen LogP contribution >= 0.6 is 0 Å². The lowest BCUT2D eigenvalue weighted by Crippen LogP contribution is -2.22. The lowest BCUT2D eigenvalue weighted by Gasteiger charge is -1.97. The number of hydrogen-bond acceptors (Lipinski definition) is 2. The lowest BCUT2D eigenvalue weighted by molar-refractivity contribution is -0.122. The van der Waals surface area contributed by atoms with Crippen molar-refractivity contribution in [2.75, 3.05) is 6.54 Å². The molecule has 0 heterocycles. The van der Waals surface area contributed by atoms with Crippen LogP contribution in [0.15, 0.2) is 4.99 Å². The van der Waals surface area contributed by atoms with E-state index < -0.39 is 0 Å². The van der Waals surface area contributed by atoms with Crippen molar-refractivity contribution in [3.63, 3.8) is 0 Å². The highest BCUT2D eigenvalue weighted by molar-refractivity contribution is 5.75. The first-order chi connectivity index (χ1) is 7.18. The molecular weight excluding hydrogens is 194 g/mol. The molecule has 5 nitrogen and oxygen atoms in total. The van der Waals surface area contributed by atoms with Crippen LogP contribution < -0.4 is 11.5 Å².